The van der Waals surface area contributed by atoms with E-state index in [9.17, 15) is 14.7 Å². The van der Waals surface area contributed by atoms with Crippen LogP contribution in [0.2, 0.25) is 0 Å². The van der Waals surface area contributed by atoms with Gasteiger partial charge in [-0.2, -0.15) is 0 Å². The first-order valence-corrected chi connectivity index (χ1v) is 8.51. The highest BCUT2D eigenvalue weighted by Crippen LogP contribution is 2.43. The first-order valence-electron chi connectivity index (χ1n) is 8.51. The van der Waals surface area contributed by atoms with Gasteiger partial charge < -0.3 is 10.0 Å². The summed E-state index contributed by atoms with van der Waals surface area (Å²) in [7, 11) is 0. The number of hydrogen-bond donors (Lipinski definition) is 1. The SMILES string of the molecule is Cc1ccc(C)c(C(=O)CC2(O)C(=O)N(C(C)C)c3ccccc32)c1. The fourth-order valence-corrected chi connectivity index (χ4v) is 3.50. The quantitative estimate of drug-likeness (QED) is 0.869. The molecular formula is C21H23NO3. The van der Waals surface area contributed by atoms with Crippen LogP contribution in [0.4, 0.5) is 5.69 Å². The molecule has 0 aliphatic carbocycles. The van der Waals surface area contributed by atoms with E-state index in [0.29, 0.717) is 16.8 Å². The Morgan fingerprint density at radius 3 is 2.52 bits per heavy atom. The summed E-state index contributed by atoms with van der Waals surface area (Å²) in [5.41, 5.74) is 1.75. The van der Waals surface area contributed by atoms with E-state index < -0.39 is 11.5 Å². The highest BCUT2D eigenvalue weighted by atomic mass is 16.3. The van der Waals surface area contributed by atoms with Gasteiger partial charge in [0.2, 0.25) is 0 Å². The molecule has 0 saturated heterocycles. The fraction of sp³-hybridized carbons (Fsp3) is 0.333. The number of ketones is 1. The van der Waals surface area contributed by atoms with E-state index >= 15 is 0 Å². The van der Waals surface area contributed by atoms with Crippen LogP contribution in [0.25, 0.3) is 0 Å². The standard InChI is InChI=1S/C21H23NO3/c1-13(2)22-18-8-6-5-7-17(18)21(25,20(22)24)12-19(23)16-11-14(3)9-10-15(16)4/h5-11,13,25H,12H2,1-4H3. The zero-order chi connectivity index (χ0) is 18.4. The van der Waals surface area contributed by atoms with Gasteiger partial charge in [0.1, 0.15) is 0 Å². The Bertz CT molecular complexity index is 856. The van der Waals surface area contributed by atoms with Gasteiger partial charge in [0.25, 0.3) is 5.91 Å². The topological polar surface area (TPSA) is 57.6 Å². The number of nitrogens with zero attached hydrogens (tertiary/aromatic N) is 1. The fourth-order valence-electron chi connectivity index (χ4n) is 3.50. The lowest BCUT2D eigenvalue weighted by atomic mass is 9.87. The molecule has 1 atom stereocenters. The van der Waals surface area contributed by atoms with Gasteiger partial charge in [0.15, 0.2) is 11.4 Å². The van der Waals surface area contributed by atoms with Crippen LogP contribution < -0.4 is 4.90 Å². The molecular weight excluding hydrogens is 314 g/mol. The number of anilines is 1. The minimum absolute atomic E-state index is 0.0986. The second-order valence-corrected chi connectivity index (χ2v) is 7.06. The van der Waals surface area contributed by atoms with Crippen molar-refractivity contribution in [1.29, 1.82) is 0 Å². The Morgan fingerprint density at radius 2 is 1.84 bits per heavy atom. The molecule has 0 bridgehead atoms. The smallest absolute Gasteiger partial charge is 0.264 e. The molecule has 0 radical (unpaired) electrons. The molecule has 0 aromatic heterocycles. The average Bonchev–Trinajstić information content (AvgIpc) is 2.78. The number of rotatable bonds is 4. The minimum Gasteiger partial charge on any atom is -0.375 e. The highest BCUT2D eigenvalue weighted by Gasteiger charge is 2.51. The number of carbonyl (C=O) groups excluding carboxylic acids is 2. The van der Waals surface area contributed by atoms with Crippen molar-refractivity contribution in [2.45, 2.75) is 45.8 Å². The Hall–Kier alpha value is -2.46. The van der Waals surface area contributed by atoms with Crippen molar-refractivity contribution in [1.82, 2.24) is 0 Å². The Balaban J connectivity index is 2.03. The maximum Gasteiger partial charge on any atom is 0.264 e. The van der Waals surface area contributed by atoms with Gasteiger partial charge in [0, 0.05) is 17.2 Å². The van der Waals surface area contributed by atoms with Crippen molar-refractivity contribution < 1.29 is 14.7 Å². The summed E-state index contributed by atoms with van der Waals surface area (Å²) in [6, 6.07) is 12.7. The van der Waals surface area contributed by atoms with E-state index in [-0.39, 0.29) is 18.2 Å². The molecule has 0 saturated carbocycles. The van der Waals surface area contributed by atoms with Gasteiger partial charge in [0.05, 0.1) is 12.1 Å². The van der Waals surface area contributed by atoms with Crippen LogP contribution >= 0.6 is 0 Å². The lowest BCUT2D eigenvalue weighted by Crippen LogP contribution is -2.44. The van der Waals surface area contributed by atoms with Crippen LogP contribution in [0, 0.1) is 13.8 Å². The number of benzene rings is 2. The molecule has 130 valence electrons. The Kier molecular flexibility index (Phi) is 4.25. The molecule has 1 N–H and O–H groups in total. The van der Waals surface area contributed by atoms with Crippen molar-refractivity contribution in [3.05, 3.63) is 64.7 Å². The molecule has 25 heavy (non-hydrogen) atoms. The van der Waals surface area contributed by atoms with E-state index in [0.717, 1.165) is 11.1 Å². The van der Waals surface area contributed by atoms with Crippen molar-refractivity contribution in [2.75, 3.05) is 4.90 Å². The zero-order valence-electron chi connectivity index (χ0n) is 15.0. The molecule has 1 heterocycles. The molecule has 4 nitrogen and oxygen atoms in total. The van der Waals surface area contributed by atoms with Crippen molar-refractivity contribution in [2.24, 2.45) is 0 Å². The number of hydrogen-bond acceptors (Lipinski definition) is 3. The highest BCUT2D eigenvalue weighted by molar-refractivity contribution is 6.11. The summed E-state index contributed by atoms with van der Waals surface area (Å²) in [4.78, 5) is 27.4. The summed E-state index contributed by atoms with van der Waals surface area (Å²) in [5.74, 6) is -0.653. The second-order valence-electron chi connectivity index (χ2n) is 7.06. The molecule has 1 unspecified atom stereocenters. The van der Waals surface area contributed by atoms with Crippen molar-refractivity contribution in [3.63, 3.8) is 0 Å². The average molecular weight is 337 g/mol. The molecule has 1 aliphatic rings. The van der Waals surface area contributed by atoms with Gasteiger partial charge in [-0.3, -0.25) is 9.59 Å². The molecule has 1 amide bonds. The number of aryl methyl sites for hydroxylation is 2. The molecule has 2 aromatic carbocycles. The molecule has 2 aromatic rings. The number of carbonyl (C=O) groups is 2. The predicted molar refractivity (Wildman–Crippen MR) is 97.8 cm³/mol. The van der Waals surface area contributed by atoms with Gasteiger partial charge in [-0.25, -0.2) is 0 Å². The molecule has 1 aliphatic heterocycles. The number of aliphatic hydroxyl groups is 1. The van der Waals surface area contributed by atoms with Gasteiger partial charge in [-0.15, -0.1) is 0 Å². The third-order valence-electron chi connectivity index (χ3n) is 4.81. The van der Waals surface area contributed by atoms with Crippen LogP contribution in [0.15, 0.2) is 42.5 Å². The molecule has 3 rings (SSSR count). The first kappa shape index (κ1) is 17.4. The van der Waals surface area contributed by atoms with E-state index in [4.69, 9.17) is 0 Å². The zero-order valence-corrected chi connectivity index (χ0v) is 15.0. The van der Waals surface area contributed by atoms with E-state index in [1.54, 1.807) is 17.0 Å². The van der Waals surface area contributed by atoms with Crippen molar-refractivity contribution >= 4 is 17.4 Å². The number of Topliss-reactive ketones (excluding diaryl/α,β-unsaturated/α-hetero) is 1. The summed E-state index contributed by atoms with van der Waals surface area (Å²) in [6.07, 6.45) is -0.254. The largest absolute Gasteiger partial charge is 0.375 e. The van der Waals surface area contributed by atoms with Crippen LogP contribution in [0.1, 0.15) is 47.3 Å². The third kappa shape index (κ3) is 2.76. The molecule has 0 fully saturated rings. The maximum absolute atomic E-state index is 13.0. The van der Waals surface area contributed by atoms with E-state index in [1.807, 2.05) is 58.0 Å². The lowest BCUT2D eigenvalue weighted by molar-refractivity contribution is -0.136. The monoisotopic (exact) mass is 337 g/mol. The summed E-state index contributed by atoms with van der Waals surface area (Å²) in [6.45, 7) is 7.57. The Morgan fingerprint density at radius 1 is 1.16 bits per heavy atom. The number of amides is 1. The number of fused-ring (bicyclic) bond motifs is 1. The maximum atomic E-state index is 13.0. The third-order valence-corrected chi connectivity index (χ3v) is 4.81. The first-order chi connectivity index (χ1) is 11.8. The van der Waals surface area contributed by atoms with Crippen LogP contribution in [0.3, 0.4) is 0 Å². The van der Waals surface area contributed by atoms with E-state index in [2.05, 4.69) is 0 Å². The Labute approximate surface area is 148 Å². The van der Waals surface area contributed by atoms with Crippen LogP contribution in [-0.2, 0) is 10.4 Å². The molecule has 4 heteroatoms. The second kappa shape index (κ2) is 6.12. The van der Waals surface area contributed by atoms with Gasteiger partial charge >= 0.3 is 0 Å². The van der Waals surface area contributed by atoms with E-state index in [1.165, 1.54) is 0 Å². The van der Waals surface area contributed by atoms with Crippen LogP contribution in [0.5, 0.6) is 0 Å². The van der Waals surface area contributed by atoms with Crippen molar-refractivity contribution in [3.8, 4) is 0 Å². The van der Waals surface area contributed by atoms with Gasteiger partial charge in [-0.05, 0) is 45.4 Å². The van der Waals surface area contributed by atoms with Crippen LogP contribution in [-0.4, -0.2) is 22.8 Å². The predicted octanol–water partition coefficient (Wildman–Crippen LogP) is 3.52. The lowest BCUT2D eigenvalue weighted by Gasteiger charge is -2.25. The normalized spacial score (nSPS) is 19.4. The summed E-state index contributed by atoms with van der Waals surface area (Å²) >= 11 is 0. The minimum atomic E-state index is -1.81. The van der Waals surface area contributed by atoms with Gasteiger partial charge in [-0.1, -0.05) is 35.9 Å². The molecule has 0 spiro atoms. The summed E-state index contributed by atoms with van der Waals surface area (Å²) < 4.78 is 0. The summed E-state index contributed by atoms with van der Waals surface area (Å²) in [5, 5.41) is 11.2. The number of para-hydroxylation sites is 1.